The summed E-state index contributed by atoms with van der Waals surface area (Å²) in [4.78, 5) is 13.9. The summed E-state index contributed by atoms with van der Waals surface area (Å²) < 4.78 is 5.05. The lowest BCUT2D eigenvalue weighted by molar-refractivity contribution is -0.133. The third-order valence-corrected chi connectivity index (χ3v) is 3.19. The van der Waals surface area contributed by atoms with Crippen LogP contribution >= 0.6 is 0 Å². The number of carbonyl (C=O) groups excluding carboxylic acids is 1. The van der Waals surface area contributed by atoms with Gasteiger partial charge in [-0.15, -0.1) is 0 Å². The van der Waals surface area contributed by atoms with E-state index in [4.69, 9.17) is 4.74 Å². The summed E-state index contributed by atoms with van der Waals surface area (Å²) in [6, 6.07) is 0.371. The first-order chi connectivity index (χ1) is 7.65. The van der Waals surface area contributed by atoms with Crippen LogP contribution in [0.1, 0.15) is 26.2 Å². The normalized spacial score (nSPS) is 22.8. The van der Waals surface area contributed by atoms with Crippen molar-refractivity contribution in [2.75, 3.05) is 33.9 Å². The van der Waals surface area contributed by atoms with Crippen LogP contribution < -0.4 is 5.32 Å². The topological polar surface area (TPSA) is 41.6 Å². The van der Waals surface area contributed by atoms with E-state index in [9.17, 15) is 4.79 Å². The highest BCUT2D eigenvalue weighted by Crippen LogP contribution is 2.12. The monoisotopic (exact) mass is 228 g/mol. The highest BCUT2D eigenvalue weighted by Gasteiger charge is 2.22. The Bertz CT molecular complexity index is 215. The number of rotatable bonds is 5. The van der Waals surface area contributed by atoms with Crippen molar-refractivity contribution in [2.24, 2.45) is 5.92 Å². The Kier molecular flexibility index (Phi) is 5.77. The Morgan fingerprint density at radius 2 is 2.38 bits per heavy atom. The molecule has 0 aliphatic carbocycles. The van der Waals surface area contributed by atoms with E-state index < -0.39 is 0 Å². The van der Waals surface area contributed by atoms with E-state index in [1.807, 2.05) is 18.9 Å². The number of carbonyl (C=O) groups is 1. The maximum absolute atomic E-state index is 12.0. The Morgan fingerprint density at radius 3 is 2.94 bits per heavy atom. The predicted octanol–water partition coefficient (Wildman–Crippen LogP) is 0.869. The van der Waals surface area contributed by atoms with Crippen LogP contribution in [0.15, 0.2) is 0 Å². The molecule has 94 valence electrons. The third-order valence-electron chi connectivity index (χ3n) is 3.19. The summed E-state index contributed by atoms with van der Waals surface area (Å²) in [5.74, 6) is 0.537. The minimum atomic E-state index is 0.234. The highest BCUT2D eigenvalue weighted by atomic mass is 16.5. The summed E-state index contributed by atoms with van der Waals surface area (Å²) in [6.45, 7) is 4.72. The third kappa shape index (κ3) is 4.10. The van der Waals surface area contributed by atoms with Crippen LogP contribution in [0.4, 0.5) is 0 Å². The van der Waals surface area contributed by atoms with Gasteiger partial charge in [0.2, 0.25) is 5.91 Å². The second-order valence-corrected chi connectivity index (χ2v) is 4.77. The van der Waals surface area contributed by atoms with Crippen molar-refractivity contribution in [1.82, 2.24) is 10.2 Å². The number of nitrogens with zero attached hydrogens (tertiary/aromatic N) is 1. The second-order valence-electron chi connectivity index (χ2n) is 4.77. The average Bonchev–Trinajstić information content (AvgIpc) is 2.29. The zero-order chi connectivity index (χ0) is 12.0. The Hall–Kier alpha value is -0.610. The fourth-order valence-electron chi connectivity index (χ4n) is 2.15. The molecule has 4 nitrogen and oxygen atoms in total. The van der Waals surface area contributed by atoms with Gasteiger partial charge < -0.3 is 15.0 Å². The van der Waals surface area contributed by atoms with Crippen molar-refractivity contribution >= 4 is 5.91 Å². The van der Waals surface area contributed by atoms with Crippen molar-refractivity contribution in [2.45, 2.75) is 32.2 Å². The van der Waals surface area contributed by atoms with Gasteiger partial charge in [0.05, 0.1) is 0 Å². The first kappa shape index (κ1) is 13.5. The predicted molar refractivity (Wildman–Crippen MR) is 64.3 cm³/mol. The van der Waals surface area contributed by atoms with E-state index in [1.54, 1.807) is 7.11 Å². The molecule has 1 amide bonds. The van der Waals surface area contributed by atoms with Gasteiger partial charge in [-0.05, 0) is 25.3 Å². The van der Waals surface area contributed by atoms with Crippen LogP contribution in [0.5, 0.6) is 0 Å². The second kappa shape index (κ2) is 6.86. The standard InChI is InChI=1S/C12H24N2O2/c1-10(9-16-3)7-12(15)14(2)11-5-4-6-13-8-11/h10-11,13H,4-9H2,1-3H3. The number of ether oxygens (including phenoxy) is 1. The van der Waals surface area contributed by atoms with Crippen LogP contribution in [0, 0.1) is 5.92 Å². The fourth-order valence-corrected chi connectivity index (χ4v) is 2.15. The lowest BCUT2D eigenvalue weighted by Gasteiger charge is -2.32. The van der Waals surface area contributed by atoms with Crippen LogP contribution in [-0.2, 0) is 9.53 Å². The summed E-state index contributed by atoms with van der Waals surface area (Å²) >= 11 is 0. The first-order valence-corrected chi connectivity index (χ1v) is 6.10. The van der Waals surface area contributed by atoms with Crippen molar-refractivity contribution < 1.29 is 9.53 Å². The highest BCUT2D eigenvalue weighted by molar-refractivity contribution is 5.76. The summed E-state index contributed by atoms with van der Waals surface area (Å²) in [5, 5.41) is 3.33. The molecule has 0 spiro atoms. The van der Waals surface area contributed by atoms with Crippen LogP contribution in [0.3, 0.4) is 0 Å². The molecule has 4 heteroatoms. The molecule has 2 atom stereocenters. The van der Waals surface area contributed by atoms with Crippen LogP contribution in [0.25, 0.3) is 0 Å². The maximum Gasteiger partial charge on any atom is 0.222 e. The van der Waals surface area contributed by atoms with E-state index >= 15 is 0 Å². The fraction of sp³-hybridized carbons (Fsp3) is 0.917. The molecule has 1 aliphatic heterocycles. The molecule has 16 heavy (non-hydrogen) atoms. The number of nitrogens with one attached hydrogen (secondary N) is 1. The maximum atomic E-state index is 12.0. The number of likely N-dealkylation sites (N-methyl/N-ethyl adjacent to an activating group) is 1. The van der Waals surface area contributed by atoms with Crippen molar-refractivity contribution in [3.05, 3.63) is 0 Å². The molecule has 1 saturated heterocycles. The SMILES string of the molecule is COCC(C)CC(=O)N(C)C1CCCNC1. The zero-order valence-electron chi connectivity index (χ0n) is 10.7. The molecule has 0 bridgehead atoms. The number of methoxy groups -OCH3 is 1. The van der Waals surface area contributed by atoms with E-state index in [1.165, 1.54) is 0 Å². The molecule has 1 rings (SSSR count). The summed E-state index contributed by atoms with van der Waals surface area (Å²) in [7, 11) is 3.59. The Labute approximate surface area is 98.3 Å². The van der Waals surface area contributed by atoms with Gasteiger partial charge in [-0.25, -0.2) is 0 Å². The molecule has 1 N–H and O–H groups in total. The number of hydrogen-bond donors (Lipinski definition) is 1. The quantitative estimate of drug-likeness (QED) is 0.759. The number of piperidine rings is 1. The molecule has 0 aromatic heterocycles. The summed E-state index contributed by atoms with van der Waals surface area (Å²) in [6.07, 6.45) is 2.87. The van der Waals surface area contributed by atoms with E-state index in [2.05, 4.69) is 5.32 Å². The Morgan fingerprint density at radius 1 is 1.62 bits per heavy atom. The molecule has 1 aliphatic rings. The van der Waals surface area contributed by atoms with E-state index in [-0.39, 0.29) is 5.91 Å². The minimum Gasteiger partial charge on any atom is -0.384 e. The molecule has 2 unspecified atom stereocenters. The Balaban J connectivity index is 2.34. The molecule has 1 heterocycles. The van der Waals surface area contributed by atoms with Crippen molar-refractivity contribution in [3.63, 3.8) is 0 Å². The van der Waals surface area contributed by atoms with Gasteiger partial charge >= 0.3 is 0 Å². The van der Waals surface area contributed by atoms with Gasteiger partial charge in [-0.3, -0.25) is 4.79 Å². The number of hydrogen-bond acceptors (Lipinski definition) is 3. The molecule has 0 aromatic rings. The van der Waals surface area contributed by atoms with Gasteiger partial charge in [0, 0.05) is 39.8 Å². The molecule has 0 saturated carbocycles. The van der Waals surface area contributed by atoms with E-state index in [0.29, 0.717) is 25.0 Å². The molecule has 0 radical (unpaired) electrons. The average molecular weight is 228 g/mol. The van der Waals surface area contributed by atoms with Gasteiger partial charge in [-0.2, -0.15) is 0 Å². The van der Waals surface area contributed by atoms with Gasteiger partial charge in [0.25, 0.3) is 0 Å². The lowest BCUT2D eigenvalue weighted by atomic mass is 10.0. The van der Waals surface area contributed by atoms with Crippen LogP contribution in [-0.4, -0.2) is 50.7 Å². The first-order valence-electron chi connectivity index (χ1n) is 6.10. The summed E-state index contributed by atoms with van der Waals surface area (Å²) in [5.41, 5.74) is 0. The van der Waals surface area contributed by atoms with Gasteiger partial charge in [0.1, 0.15) is 0 Å². The number of amides is 1. The molecule has 0 aromatic carbocycles. The minimum absolute atomic E-state index is 0.234. The zero-order valence-corrected chi connectivity index (χ0v) is 10.7. The lowest BCUT2D eigenvalue weighted by Crippen LogP contribution is -2.47. The van der Waals surface area contributed by atoms with Crippen molar-refractivity contribution in [1.29, 1.82) is 0 Å². The molecular weight excluding hydrogens is 204 g/mol. The van der Waals surface area contributed by atoms with Gasteiger partial charge in [-0.1, -0.05) is 6.92 Å². The van der Waals surface area contributed by atoms with Crippen molar-refractivity contribution in [3.8, 4) is 0 Å². The van der Waals surface area contributed by atoms with Crippen LogP contribution in [0.2, 0.25) is 0 Å². The molecular formula is C12H24N2O2. The van der Waals surface area contributed by atoms with Gasteiger partial charge in [0.15, 0.2) is 0 Å². The largest absolute Gasteiger partial charge is 0.384 e. The smallest absolute Gasteiger partial charge is 0.222 e. The van der Waals surface area contributed by atoms with E-state index in [0.717, 1.165) is 25.9 Å². The molecule has 1 fully saturated rings.